The van der Waals surface area contributed by atoms with Gasteiger partial charge in [-0.25, -0.2) is 0 Å². The van der Waals surface area contributed by atoms with E-state index < -0.39 is 20.8 Å². The third-order valence-corrected chi connectivity index (χ3v) is 4.44. The second kappa shape index (κ2) is 7.80. The van der Waals surface area contributed by atoms with Gasteiger partial charge >= 0.3 is 10.1 Å². The lowest BCUT2D eigenvalue weighted by molar-refractivity contribution is -0.384. The zero-order chi connectivity index (χ0) is 18.4. The highest BCUT2D eigenvalue weighted by atomic mass is 32.2. The second-order valence-corrected chi connectivity index (χ2v) is 6.76. The summed E-state index contributed by atoms with van der Waals surface area (Å²) >= 11 is 0. The van der Waals surface area contributed by atoms with Gasteiger partial charge in [-0.05, 0) is 29.7 Å². The normalized spacial score (nSPS) is 10.9. The number of non-ortho nitro benzene ring substituents is 1. The van der Waals surface area contributed by atoms with Crippen LogP contribution in [0.15, 0.2) is 55.1 Å². The van der Waals surface area contributed by atoms with Gasteiger partial charge in [-0.15, -0.1) is 6.58 Å². The minimum absolute atomic E-state index is 0.0808. The van der Waals surface area contributed by atoms with Crippen LogP contribution in [0.1, 0.15) is 11.1 Å². The van der Waals surface area contributed by atoms with Gasteiger partial charge in [-0.3, -0.25) is 10.1 Å². The molecule has 0 amide bonds. The number of benzene rings is 2. The van der Waals surface area contributed by atoms with Crippen molar-refractivity contribution < 1.29 is 22.3 Å². The summed E-state index contributed by atoms with van der Waals surface area (Å²) in [7, 11) is -2.53. The monoisotopic (exact) mass is 363 g/mol. The summed E-state index contributed by atoms with van der Waals surface area (Å²) in [6.07, 6.45) is 2.34. The van der Waals surface area contributed by atoms with Crippen LogP contribution in [-0.2, 0) is 22.3 Å². The Hall–Kier alpha value is -2.87. The quantitative estimate of drug-likeness (QED) is 0.309. The van der Waals surface area contributed by atoms with Crippen molar-refractivity contribution in [2.45, 2.75) is 12.2 Å². The summed E-state index contributed by atoms with van der Waals surface area (Å²) in [5.41, 5.74) is 1.18. The lowest BCUT2D eigenvalue weighted by atomic mass is 10.1. The van der Waals surface area contributed by atoms with Gasteiger partial charge in [0, 0.05) is 12.1 Å². The smallest absolute Gasteiger partial charge is 0.313 e. The van der Waals surface area contributed by atoms with E-state index in [1.165, 1.54) is 37.4 Å². The molecule has 0 N–H and O–H groups in total. The maximum absolute atomic E-state index is 12.2. The molecule has 0 aliphatic carbocycles. The van der Waals surface area contributed by atoms with Crippen LogP contribution in [0.4, 0.5) is 5.69 Å². The Labute approximate surface area is 145 Å². The van der Waals surface area contributed by atoms with Crippen molar-refractivity contribution in [2.24, 2.45) is 0 Å². The summed E-state index contributed by atoms with van der Waals surface area (Å²) in [6, 6.07) is 10.2. The first-order chi connectivity index (χ1) is 11.8. The molecule has 2 aromatic carbocycles. The predicted octanol–water partition coefficient (Wildman–Crippen LogP) is 3.24. The molecule has 0 saturated heterocycles. The van der Waals surface area contributed by atoms with Gasteiger partial charge in [-0.2, -0.15) is 8.42 Å². The number of methoxy groups -OCH3 is 1. The van der Waals surface area contributed by atoms with Crippen molar-refractivity contribution in [3.63, 3.8) is 0 Å². The number of nitro groups is 1. The van der Waals surface area contributed by atoms with Crippen molar-refractivity contribution in [3.05, 3.63) is 76.4 Å². The second-order valence-electron chi connectivity index (χ2n) is 5.19. The minimum atomic E-state index is -3.95. The number of nitro benzene ring substituents is 1. The molecule has 25 heavy (non-hydrogen) atoms. The van der Waals surface area contributed by atoms with Crippen LogP contribution >= 0.6 is 0 Å². The summed E-state index contributed by atoms with van der Waals surface area (Å²) in [6.45, 7) is 3.65. The molecule has 0 aromatic heterocycles. The molecule has 0 saturated carbocycles. The van der Waals surface area contributed by atoms with E-state index in [2.05, 4.69) is 6.58 Å². The number of hydrogen-bond donors (Lipinski definition) is 0. The standard InChI is InChI=1S/C17H17NO6S/c1-3-4-13-7-10-16(17(11-13)23-2)24-25(21,22)12-14-5-8-15(9-6-14)18(19)20/h3,5-11H,1,4,12H2,2H3. The molecule has 0 spiro atoms. The van der Waals surface area contributed by atoms with Gasteiger partial charge in [0.2, 0.25) is 0 Å². The third kappa shape index (κ3) is 5.05. The van der Waals surface area contributed by atoms with E-state index in [-0.39, 0.29) is 11.4 Å². The summed E-state index contributed by atoms with van der Waals surface area (Å²) in [5.74, 6) is -0.0356. The Balaban J connectivity index is 2.17. The van der Waals surface area contributed by atoms with Crippen molar-refractivity contribution in [3.8, 4) is 11.5 Å². The lowest BCUT2D eigenvalue weighted by Crippen LogP contribution is -2.12. The Morgan fingerprint density at radius 2 is 1.76 bits per heavy atom. The zero-order valence-electron chi connectivity index (χ0n) is 13.5. The molecular formula is C17H17NO6S. The first-order valence-electron chi connectivity index (χ1n) is 7.28. The molecule has 0 aliphatic rings. The van der Waals surface area contributed by atoms with Crippen LogP contribution in [0.5, 0.6) is 11.5 Å². The Morgan fingerprint density at radius 3 is 2.32 bits per heavy atom. The summed E-state index contributed by atoms with van der Waals surface area (Å²) < 4.78 is 34.8. The summed E-state index contributed by atoms with van der Waals surface area (Å²) in [4.78, 5) is 10.1. The number of allylic oxidation sites excluding steroid dienone is 1. The van der Waals surface area contributed by atoms with Gasteiger partial charge < -0.3 is 8.92 Å². The van der Waals surface area contributed by atoms with Gasteiger partial charge in [0.1, 0.15) is 5.75 Å². The van der Waals surface area contributed by atoms with Crippen LogP contribution < -0.4 is 8.92 Å². The van der Waals surface area contributed by atoms with E-state index >= 15 is 0 Å². The first kappa shape index (κ1) is 18.5. The van der Waals surface area contributed by atoms with Crippen molar-refractivity contribution in [1.29, 1.82) is 0 Å². The number of rotatable bonds is 8. The predicted molar refractivity (Wildman–Crippen MR) is 93.2 cm³/mol. The van der Waals surface area contributed by atoms with Crippen molar-refractivity contribution in [2.75, 3.05) is 7.11 Å². The van der Waals surface area contributed by atoms with Gasteiger partial charge in [0.15, 0.2) is 11.5 Å². The number of hydrogen-bond acceptors (Lipinski definition) is 6. The Bertz CT molecular complexity index is 875. The molecule has 0 radical (unpaired) electrons. The van der Waals surface area contributed by atoms with Gasteiger partial charge in [0.05, 0.1) is 12.0 Å². The van der Waals surface area contributed by atoms with E-state index in [4.69, 9.17) is 8.92 Å². The van der Waals surface area contributed by atoms with Crippen molar-refractivity contribution >= 4 is 15.8 Å². The SMILES string of the molecule is C=CCc1ccc(OS(=O)(=O)Cc2ccc([N+](=O)[O-])cc2)c(OC)c1. The summed E-state index contributed by atoms with van der Waals surface area (Å²) in [5, 5.41) is 10.6. The van der Waals surface area contributed by atoms with Crippen LogP contribution in [0.25, 0.3) is 0 Å². The molecule has 2 rings (SSSR count). The molecule has 0 fully saturated rings. The fourth-order valence-corrected chi connectivity index (χ4v) is 3.23. The Kier molecular flexibility index (Phi) is 5.76. The van der Waals surface area contributed by atoms with E-state index in [0.717, 1.165) is 5.56 Å². The maximum Gasteiger partial charge on any atom is 0.313 e. The highest BCUT2D eigenvalue weighted by Crippen LogP contribution is 2.30. The molecule has 7 nitrogen and oxygen atoms in total. The van der Waals surface area contributed by atoms with E-state index in [1.807, 2.05) is 0 Å². The number of ether oxygens (including phenoxy) is 1. The fraction of sp³-hybridized carbons (Fsp3) is 0.176. The van der Waals surface area contributed by atoms with Crippen molar-refractivity contribution in [1.82, 2.24) is 0 Å². The zero-order valence-corrected chi connectivity index (χ0v) is 14.4. The fourth-order valence-electron chi connectivity index (χ4n) is 2.16. The van der Waals surface area contributed by atoms with Crippen LogP contribution in [-0.4, -0.2) is 20.5 Å². The average molecular weight is 363 g/mol. The molecule has 0 atom stereocenters. The third-order valence-electron chi connectivity index (χ3n) is 3.32. The maximum atomic E-state index is 12.2. The van der Waals surface area contributed by atoms with Gasteiger partial charge in [-0.1, -0.05) is 24.3 Å². The minimum Gasteiger partial charge on any atom is -0.493 e. The molecule has 2 aromatic rings. The highest BCUT2D eigenvalue weighted by Gasteiger charge is 2.18. The number of nitrogens with zero attached hydrogens (tertiary/aromatic N) is 1. The van der Waals surface area contributed by atoms with Gasteiger partial charge in [0.25, 0.3) is 5.69 Å². The molecule has 8 heteroatoms. The molecule has 0 unspecified atom stereocenters. The molecular weight excluding hydrogens is 346 g/mol. The first-order valence-corrected chi connectivity index (χ1v) is 8.85. The molecule has 0 aliphatic heterocycles. The molecule has 0 heterocycles. The lowest BCUT2D eigenvalue weighted by Gasteiger charge is -2.12. The van der Waals surface area contributed by atoms with Crippen LogP contribution in [0.3, 0.4) is 0 Å². The van der Waals surface area contributed by atoms with E-state index in [1.54, 1.807) is 18.2 Å². The Morgan fingerprint density at radius 1 is 1.12 bits per heavy atom. The van der Waals surface area contributed by atoms with E-state index in [0.29, 0.717) is 17.7 Å². The topological polar surface area (TPSA) is 95.7 Å². The van der Waals surface area contributed by atoms with E-state index in [9.17, 15) is 18.5 Å². The molecule has 0 bridgehead atoms. The van der Waals surface area contributed by atoms with Crippen LogP contribution in [0.2, 0.25) is 0 Å². The molecule has 132 valence electrons. The van der Waals surface area contributed by atoms with Crippen LogP contribution in [0, 0.1) is 10.1 Å². The highest BCUT2D eigenvalue weighted by molar-refractivity contribution is 7.86. The average Bonchev–Trinajstić information content (AvgIpc) is 2.56. The largest absolute Gasteiger partial charge is 0.493 e.